The number of esters is 1. The molecule has 0 spiro atoms. The van der Waals surface area contributed by atoms with Crippen molar-refractivity contribution in [2.24, 2.45) is 23.7 Å². The van der Waals surface area contributed by atoms with Crippen molar-refractivity contribution >= 4 is 30.7 Å². The highest BCUT2D eigenvalue weighted by molar-refractivity contribution is 6.76. The maximum atomic E-state index is 13.8. The van der Waals surface area contributed by atoms with E-state index in [0.717, 1.165) is 28.9 Å². The number of ether oxygens (including phenoxy) is 2. The maximum Gasteiger partial charge on any atom is 0.416 e. The van der Waals surface area contributed by atoms with Gasteiger partial charge in [-0.05, 0) is 86.0 Å². The van der Waals surface area contributed by atoms with E-state index in [-0.39, 0.29) is 29.8 Å². The fraction of sp³-hybridized carbons (Fsp3) is 0.531. The molecule has 236 valence electrons. The Morgan fingerprint density at radius 1 is 1.02 bits per heavy atom. The van der Waals surface area contributed by atoms with Crippen molar-refractivity contribution in [3.63, 3.8) is 0 Å². The monoisotopic (exact) mass is 629 g/mol. The molecular formula is C32H38F3N3O5Si. The zero-order chi connectivity index (χ0) is 31.6. The van der Waals surface area contributed by atoms with Gasteiger partial charge < -0.3 is 9.47 Å². The van der Waals surface area contributed by atoms with Crippen molar-refractivity contribution < 1.29 is 32.2 Å². The van der Waals surface area contributed by atoms with Crippen molar-refractivity contribution in [3.05, 3.63) is 63.9 Å². The molecule has 1 heterocycles. The van der Waals surface area contributed by atoms with Crippen LogP contribution in [0.3, 0.4) is 0 Å². The molecule has 0 radical (unpaired) electrons. The van der Waals surface area contributed by atoms with Crippen LogP contribution in [-0.2, 0) is 22.3 Å². The predicted octanol–water partition coefficient (Wildman–Crippen LogP) is 6.40. The third-order valence-electron chi connectivity index (χ3n) is 8.80. The summed E-state index contributed by atoms with van der Waals surface area (Å²) in [6.45, 7) is 7.31. The van der Waals surface area contributed by atoms with Gasteiger partial charge in [-0.15, -0.1) is 5.10 Å². The largest absolute Gasteiger partial charge is 0.493 e. The molecule has 0 aliphatic heterocycles. The highest BCUT2D eigenvalue weighted by Crippen LogP contribution is 2.41. The molecule has 3 aromatic rings. The molecule has 12 heteroatoms. The maximum absolute atomic E-state index is 13.8. The number of halogens is 3. The molecular weight excluding hydrogens is 591 g/mol. The van der Waals surface area contributed by atoms with Gasteiger partial charge in [0.2, 0.25) is 0 Å². The van der Waals surface area contributed by atoms with Gasteiger partial charge in [0, 0.05) is 19.6 Å². The van der Waals surface area contributed by atoms with E-state index in [2.05, 4.69) is 30.0 Å². The third kappa shape index (κ3) is 7.39. The second kappa shape index (κ2) is 12.8. The van der Waals surface area contributed by atoms with E-state index in [0.29, 0.717) is 36.7 Å². The highest BCUT2D eigenvalue weighted by atomic mass is 28.3. The van der Waals surface area contributed by atoms with Gasteiger partial charge in [0.15, 0.2) is 5.78 Å². The number of carbonyl (C=O) groups is 2. The van der Waals surface area contributed by atoms with Crippen molar-refractivity contribution in [1.29, 1.82) is 0 Å². The minimum absolute atomic E-state index is 0.0427. The lowest BCUT2D eigenvalue weighted by Gasteiger charge is -2.25. The summed E-state index contributed by atoms with van der Waals surface area (Å²) in [4.78, 5) is 40.5. The van der Waals surface area contributed by atoms with E-state index in [1.165, 1.54) is 19.3 Å². The van der Waals surface area contributed by atoms with Crippen LogP contribution in [0.15, 0.2) is 47.3 Å². The van der Waals surface area contributed by atoms with E-state index in [9.17, 15) is 27.6 Å². The van der Waals surface area contributed by atoms with Gasteiger partial charge in [-0.25, -0.2) is 4.68 Å². The Kier molecular flexibility index (Phi) is 9.29. The first kappa shape index (κ1) is 31.9. The number of benzene rings is 2. The van der Waals surface area contributed by atoms with E-state index in [1.54, 1.807) is 24.3 Å². The van der Waals surface area contributed by atoms with Gasteiger partial charge in [-0.1, -0.05) is 31.3 Å². The molecule has 2 aromatic carbocycles. The molecule has 0 amide bonds. The molecule has 2 fully saturated rings. The number of hydrogen-bond acceptors (Lipinski definition) is 7. The Labute approximate surface area is 254 Å². The number of ketones is 1. The van der Waals surface area contributed by atoms with E-state index in [1.807, 2.05) is 0 Å². The number of hydrogen-bond donors (Lipinski definition) is 0. The predicted molar refractivity (Wildman–Crippen MR) is 161 cm³/mol. The third-order valence-corrected chi connectivity index (χ3v) is 10.5. The summed E-state index contributed by atoms with van der Waals surface area (Å²) < 4.78 is 52.5. The number of nitrogens with zero attached hydrogens (tertiary/aromatic N) is 3. The minimum atomic E-state index is -4.63. The molecule has 2 aliphatic rings. The SMILES string of the molecule is C[Si](C)(C)CCOC(=O)[C@H]1[C@H](Cn2nnc3ccc(C(F)(F)F)cc3c2=O)CC[C@@H]1C(=O)c1ccc(OCC2CCC2)cc1. The molecule has 44 heavy (non-hydrogen) atoms. The summed E-state index contributed by atoms with van der Waals surface area (Å²) in [5.41, 5.74) is -1.20. The molecule has 2 aliphatic carbocycles. The van der Waals surface area contributed by atoms with E-state index >= 15 is 0 Å². The van der Waals surface area contributed by atoms with Crippen molar-refractivity contribution in [1.82, 2.24) is 15.0 Å². The zero-order valence-electron chi connectivity index (χ0n) is 25.2. The van der Waals surface area contributed by atoms with E-state index in [4.69, 9.17) is 9.47 Å². The van der Waals surface area contributed by atoms with Crippen LogP contribution in [0.5, 0.6) is 5.75 Å². The van der Waals surface area contributed by atoms with Gasteiger partial charge in [-0.3, -0.25) is 14.4 Å². The van der Waals surface area contributed by atoms with Crippen LogP contribution in [0.2, 0.25) is 25.7 Å². The fourth-order valence-electron chi connectivity index (χ4n) is 5.89. The second-order valence-corrected chi connectivity index (χ2v) is 18.9. The van der Waals surface area contributed by atoms with Gasteiger partial charge >= 0.3 is 12.1 Å². The lowest BCUT2D eigenvalue weighted by molar-refractivity contribution is -0.150. The topological polar surface area (TPSA) is 100 Å². The quantitative estimate of drug-likeness (QED) is 0.138. The molecule has 2 saturated carbocycles. The highest BCUT2D eigenvalue weighted by Gasteiger charge is 2.46. The molecule has 8 nitrogen and oxygen atoms in total. The average molecular weight is 630 g/mol. The normalized spacial score (nSPS) is 20.8. The van der Waals surface area contributed by atoms with Crippen LogP contribution in [0.4, 0.5) is 13.2 Å². The summed E-state index contributed by atoms with van der Waals surface area (Å²) in [5, 5.41) is 7.70. The first-order valence-electron chi connectivity index (χ1n) is 15.2. The van der Waals surface area contributed by atoms with Crippen LogP contribution in [0, 0.1) is 23.7 Å². The van der Waals surface area contributed by atoms with E-state index < -0.39 is 49.1 Å². The zero-order valence-corrected chi connectivity index (χ0v) is 26.2. The standard InChI is InChI=1S/C32H38F3N3O5Si/c1-44(2,3)16-15-42-31(41)28-22(18-38-30(40)26-17-23(32(33,34)35)10-14-27(26)36-37-38)9-13-25(28)29(39)21-7-11-24(12-8-21)43-19-20-5-4-6-20/h7-8,10-12,14,17,20,22,25,28H,4-6,9,13,15-16,18-19H2,1-3H3/t22-,25-,28-/m0/s1. The van der Waals surface area contributed by atoms with Gasteiger partial charge in [0.25, 0.3) is 5.56 Å². The van der Waals surface area contributed by atoms with Crippen molar-refractivity contribution in [3.8, 4) is 5.75 Å². The van der Waals surface area contributed by atoms with Crippen molar-refractivity contribution in [2.75, 3.05) is 13.2 Å². The lowest BCUT2D eigenvalue weighted by atomic mass is 9.84. The summed E-state index contributed by atoms with van der Waals surface area (Å²) in [6, 6.07) is 10.4. The summed E-state index contributed by atoms with van der Waals surface area (Å²) in [7, 11) is -1.50. The molecule has 3 atom stereocenters. The van der Waals surface area contributed by atoms with Crippen LogP contribution in [0.1, 0.15) is 48.0 Å². The minimum Gasteiger partial charge on any atom is -0.493 e. The van der Waals surface area contributed by atoms with Crippen LogP contribution >= 0.6 is 0 Å². The number of aromatic nitrogens is 3. The molecule has 1 aromatic heterocycles. The molecule has 0 saturated heterocycles. The fourth-order valence-corrected chi connectivity index (χ4v) is 6.60. The lowest BCUT2D eigenvalue weighted by Crippen LogP contribution is -2.36. The van der Waals surface area contributed by atoms with Crippen LogP contribution < -0.4 is 10.3 Å². The average Bonchev–Trinajstić information content (AvgIpc) is 3.36. The number of rotatable bonds is 11. The Morgan fingerprint density at radius 3 is 2.39 bits per heavy atom. The second-order valence-electron chi connectivity index (χ2n) is 13.3. The van der Waals surface area contributed by atoms with Gasteiger partial charge in [-0.2, -0.15) is 13.2 Å². The van der Waals surface area contributed by atoms with Gasteiger partial charge in [0.05, 0.1) is 36.6 Å². The Morgan fingerprint density at radius 2 is 1.75 bits per heavy atom. The first-order chi connectivity index (χ1) is 20.8. The smallest absolute Gasteiger partial charge is 0.416 e. The first-order valence-corrected chi connectivity index (χ1v) is 18.9. The summed E-state index contributed by atoms with van der Waals surface area (Å²) in [6.07, 6.45) is -0.237. The van der Waals surface area contributed by atoms with Crippen LogP contribution in [0.25, 0.3) is 10.9 Å². The van der Waals surface area contributed by atoms with Crippen molar-refractivity contribution in [2.45, 2.75) is 70.5 Å². The molecule has 0 unspecified atom stereocenters. The number of carbonyl (C=O) groups excluding carboxylic acids is 2. The molecule has 0 N–H and O–H groups in total. The number of fused-ring (bicyclic) bond motifs is 1. The number of alkyl halides is 3. The van der Waals surface area contributed by atoms with Crippen LogP contribution in [-0.4, -0.2) is 48.0 Å². The summed E-state index contributed by atoms with van der Waals surface area (Å²) >= 11 is 0. The number of Topliss-reactive ketones (excluding diaryl/α,β-unsaturated/α-hetero) is 1. The molecule has 0 bridgehead atoms. The Balaban J connectivity index is 1.37. The Hall–Kier alpha value is -3.54. The molecule has 5 rings (SSSR count). The Bertz CT molecular complexity index is 1560. The summed E-state index contributed by atoms with van der Waals surface area (Å²) in [5.74, 6) is -1.47. The van der Waals surface area contributed by atoms with Gasteiger partial charge in [0.1, 0.15) is 11.3 Å².